The minimum Gasteiger partial charge on any atom is -0.501 e. The van der Waals surface area contributed by atoms with Crippen LogP contribution >= 0.6 is 11.6 Å². The summed E-state index contributed by atoms with van der Waals surface area (Å²) in [6.45, 7) is 6.18. The smallest absolute Gasteiger partial charge is 0.254 e. The van der Waals surface area contributed by atoms with Crippen molar-refractivity contribution in [3.8, 4) is 5.75 Å². The Morgan fingerprint density at radius 3 is 2.73 bits per heavy atom. The molecule has 3 aliphatic rings. The molecular weight excluding hydrogens is 544 g/mol. The third-order valence-corrected chi connectivity index (χ3v) is 9.74. The molecule has 0 saturated carbocycles. The van der Waals surface area contributed by atoms with Crippen LogP contribution in [0.3, 0.4) is 0 Å². The molecule has 0 radical (unpaired) electrons. The third kappa shape index (κ3) is 6.41. The lowest BCUT2D eigenvalue weighted by Gasteiger charge is -2.43. The van der Waals surface area contributed by atoms with Gasteiger partial charge in [0.1, 0.15) is 5.75 Å². The molecule has 0 fully saturated rings. The molecule has 2 heterocycles. The lowest BCUT2D eigenvalue weighted by Crippen LogP contribution is -2.40. The number of methoxy groups -OCH3 is 1. The van der Waals surface area contributed by atoms with Crippen LogP contribution in [0.25, 0.3) is 0 Å². The van der Waals surface area contributed by atoms with Crippen LogP contribution in [0, 0.1) is 17.8 Å². The van der Waals surface area contributed by atoms with Crippen LogP contribution in [0.2, 0.25) is 5.02 Å². The molecule has 3 atom stereocenters. The van der Waals surface area contributed by atoms with Crippen LogP contribution < -0.4 is 9.64 Å². The Hall–Kier alpha value is -2.77. The van der Waals surface area contributed by atoms with Gasteiger partial charge in [-0.25, -0.2) is 0 Å². The van der Waals surface area contributed by atoms with Gasteiger partial charge >= 0.3 is 0 Å². The fourth-order valence-electron chi connectivity index (χ4n) is 6.07. The fraction of sp³-hybridized carbons (Fsp3) is 0.469. The number of allylic oxidation sites excluding steroid dienone is 3. The molecule has 214 valence electrons. The van der Waals surface area contributed by atoms with Crippen molar-refractivity contribution >= 4 is 33.8 Å². The van der Waals surface area contributed by atoms with Gasteiger partial charge in [-0.2, -0.15) is 10.6 Å². The van der Waals surface area contributed by atoms with Crippen LogP contribution in [-0.4, -0.2) is 31.9 Å². The van der Waals surface area contributed by atoms with Crippen LogP contribution in [0.5, 0.6) is 5.75 Å². The number of hydrogen-bond donors (Lipinski definition) is 0. The SMILES string of the molecule is COC1=C(C)[C@H]2CN3Cc4ccc(Cl)cc4CCCCOc4ccc(cc43)C(=O)N=[S-](=O)C[C@@H](C)C/C=C/C[C@H]12. The molecule has 2 aromatic rings. The van der Waals surface area contributed by atoms with E-state index in [4.69, 9.17) is 21.1 Å². The zero-order chi connectivity index (χ0) is 28.2. The number of ether oxygens (including phenoxy) is 2. The van der Waals surface area contributed by atoms with Crippen molar-refractivity contribution in [3.05, 3.63) is 81.6 Å². The van der Waals surface area contributed by atoms with E-state index in [0.29, 0.717) is 24.5 Å². The van der Waals surface area contributed by atoms with Crippen molar-refractivity contribution in [2.45, 2.75) is 52.5 Å². The number of amides is 1. The van der Waals surface area contributed by atoms with Gasteiger partial charge in [0.05, 0.1) is 25.2 Å². The number of rotatable bonds is 1. The summed E-state index contributed by atoms with van der Waals surface area (Å²) < 4.78 is 28.9. The van der Waals surface area contributed by atoms with Crippen LogP contribution in [0.15, 0.2) is 64.2 Å². The number of carbonyl (C=O) groups is 1. The summed E-state index contributed by atoms with van der Waals surface area (Å²) in [6.07, 6.45) is 8.89. The number of anilines is 1. The summed E-state index contributed by atoms with van der Waals surface area (Å²) in [5.74, 6) is 2.41. The Bertz CT molecular complexity index is 1410. The summed E-state index contributed by atoms with van der Waals surface area (Å²) in [4.78, 5) is 15.5. The van der Waals surface area contributed by atoms with Crippen molar-refractivity contribution < 1.29 is 18.5 Å². The summed E-state index contributed by atoms with van der Waals surface area (Å²) in [7, 11) is 0.170. The van der Waals surface area contributed by atoms with Crippen molar-refractivity contribution in [2.24, 2.45) is 22.1 Å². The Morgan fingerprint density at radius 1 is 1.07 bits per heavy atom. The molecule has 6 nitrogen and oxygen atoms in total. The van der Waals surface area contributed by atoms with Gasteiger partial charge in [-0.3, -0.25) is 4.79 Å². The van der Waals surface area contributed by atoms with Gasteiger partial charge in [0.15, 0.2) is 0 Å². The summed E-state index contributed by atoms with van der Waals surface area (Å²) in [5.41, 5.74) is 4.99. The standard InChI is InChI=1S/C32H38ClN2O4S/c1-21-8-4-5-10-27-28(22(2)31(27)38-3)19-35-18-25-11-13-26(33)16-23(25)9-6-7-15-39-30-14-12-24(17-29(30)35)32(36)34-40(37)20-21/h4-5,11-14,16-17,21,27-28H,6-10,15,18-20H2,1-3H3/q-1/b5-4+/t21-,27-,28+/m0/s1. The second-order valence-corrected chi connectivity index (χ2v) is 12.8. The monoisotopic (exact) mass is 581 g/mol. The molecule has 8 heteroatoms. The Kier molecular flexibility index (Phi) is 9.21. The first-order valence-corrected chi connectivity index (χ1v) is 15.8. The Labute approximate surface area is 244 Å². The maximum absolute atomic E-state index is 13.2. The van der Waals surface area contributed by atoms with E-state index in [1.54, 1.807) is 13.2 Å². The highest BCUT2D eigenvalue weighted by Gasteiger charge is 2.40. The van der Waals surface area contributed by atoms with Crippen molar-refractivity contribution in [1.82, 2.24) is 0 Å². The third-order valence-electron chi connectivity index (χ3n) is 8.29. The van der Waals surface area contributed by atoms with E-state index >= 15 is 0 Å². The van der Waals surface area contributed by atoms with Crippen LogP contribution in [0.1, 0.15) is 61.0 Å². The second-order valence-electron chi connectivity index (χ2n) is 11.2. The normalized spacial score (nSPS) is 25.4. The molecule has 2 aliphatic heterocycles. The van der Waals surface area contributed by atoms with Gasteiger partial charge in [-0.1, -0.05) is 48.4 Å². The maximum atomic E-state index is 13.2. The quantitative estimate of drug-likeness (QED) is 0.258. The van der Waals surface area contributed by atoms with Crippen molar-refractivity contribution in [3.63, 3.8) is 0 Å². The van der Waals surface area contributed by atoms with Crippen LogP contribution in [-0.2, 0) is 32.5 Å². The number of benzene rings is 2. The van der Waals surface area contributed by atoms with E-state index in [0.717, 1.165) is 60.9 Å². The van der Waals surface area contributed by atoms with E-state index in [-0.39, 0.29) is 17.8 Å². The number of fused-ring (bicyclic) bond motifs is 3. The van der Waals surface area contributed by atoms with Gasteiger partial charge in [-0.05, 0) is 86.1 Å². The lowest BCUT2D eigenvalue weighted by molar-refractivity contribution is 0.100. The molecule has 0 spiro atoms. The molecule has 1 aliphatic carbocycles. The number of nitrogens with zero attached hydrogens (tertiary/aromatic N) is 2. The first-order chi connectivity index (χ1) is 19.3. The predicted octanol–water partition coefficient (Wildman–Crippen LogP) is 7.50. The Balaban J connectivity index is 1.63. The minimum atomic E-state index is -1.59. The molecule has 0 N–H and O–H groups in total. The predicted molar refractivity (Wildman–Crippen MR) is 161 cm³/mol. The van der Waals surface area contributed by atoms with E-state index < -0.39 is 16.5 Å². The van der Waals surface area contributed by atoms with Crippen molar-refractivity contribution in [2.75, 3.05) is 30.9 Å². The molecule has 2 bridgehead atoms. The zero-order valence-corrected chi connectivity index (χ0v) is 25.1. The molecule has 1 amide bonds. The zero-order valence-electron chi connectivity index (χ0n) is 23.5. The summed E-state index contributed by atoms with van der Waals surface area (Å²) >= 11 is 6.41. The topological polar surface area (TPSA) is 68.2 Å². The van der Waals surface area contributed by atoms with E-state index in [9.17, 15) is 9.00 Å². The van der Waals surface area contributed by atoms with Gasteiger partial charge in [0.25, 0.3) is 5.91 Å². The van der Waals surface area contributed by atoms with Gasteiger partial charge < -0.3 is 22.9 Å². The fourth-order valence-corrected chi connectivity index (χ4v) is 7.25. The first-order valence-electron chi connectivity index (χ1n) is 14.2. The molecule has 5 rings (SSSR count). The largest absolute Gasteiger partial charge is 0.501 e. The molecule has 40 heavy (non-hydrogen) atoms. The van der Waals surface area contributed by atoms with E-state index in [1.165, 1.54) is 16.7 Å². The number of carbonyl (C=O) groups excluding carboxylic acids is 1. The van der Waals surface area contributed by atoms with Crippen LogP contribution in [0.4, 0.5) is 5.69 Å². The number of hydrogen-bond acceptors (Lipinski definition) is 6. The van der Waals surface area contributed by atoms with Gasteiger partial charge in [-0.15, -0.1) is 0 Å². The average Bonchev–Trinajstić information content (AvgIpc) is 2.95. The number of aryl methyl sites for hydroxylation is 1. The molecule has 2 aromatic carbocycles. The summed E-state index contributed by atoms with van der Waals surface area (Å²) in [5, 5.41) is 0.740. The molecule has 0 aromatic heterocycles. The Morgan fingerprint density at radius 2 is 1.90 bits per heavy atom. The highest BCUT2D eigenvalue weighted by molar-refractivity contribution is 7.75. The van der Waals surface area contributed by atoms with Gasteiger partial charge in [0, 0.05) is 35.5 Å². The maximum Gasteiger partial charge on any atom is 0.254 e. The minimum absolute atomic E-state index is 0.155. The molecule has 0 saturated heterocycles. The first kappa shape index (κ1) is 28.7. The summed E-state index contributed by atoms with van der Waals surface area (Å²) in [6, 6.07) is 11.6. The lowest BCUT2D eigenvalue weighted by atomic mass is 9.71. The second kappa shape index (κ2) is 12.8. The van der Waals surface area contributed by atoms with Gasteiger partial charge in [0.2, 0.25) is 0 Å². The van der Waals surface area contributed by atoms with E-state index in [1.807, 2.05) is 25.1 Å². The molecular formula is C32H38ClN2O4S-. The highest BCUT2D eigenvalue weighted by atomic mass is 35.5. The number of halogens is 1. The van der Waals surface area contributed by atoms with Crippen molar-refractivity contribution in [1.29, 1.82) is 0 Å². The van der Waals surface area contributed by atoms with E-state index in [2.05, 4.69) is 40.5 Å². The average molecular weight is 582 g/mol. The molecule has 0 unspecified atom stereocenters. The highest BCUT2D eigenvalue weighted by Crippen LogP contribution is 2.45.